The number of aryl methyl sites for hydroxylation is 1. The third-order valence-corrected chi connectivity index (χ3v) is 5.19. The Kier molecular flexibility index (Phi) is 7.87. The number of amides is 2. The Hall–Kier alpha value is -3.09. The van der Waals surface area contributed by atoms with Crippen molar-refractivity contribution in [1.82, 2.24) is 9.88 Å². The molecule has 0 bridgehead atoms. The molecule has 1 unspecified atom stereocenters. The van der Waals surface area contributed by atoms with E-state index in [-0.39, 0.29) is 17.7 Å². The number of ether oxygens (including phenoxy) is 2. The van der Waals surface area contributed by atoms with Crippen molar-refractivity contribution in [3.05, 3.63) is 47.7 Å². The molecule has 1 aromatic carbocycles. The lowest BCUT2D eigenvalue weighted by Crippen LogP contribution is -2.43. The molecule has 1 aliphatic rings. The minimum atomic E-state index is -0.265. The zero-order chi connectivity index (χ0) is 22.2. The number of piperidine rings is 1. The highest BCUT2D eigenvalue weighted by molar-refractivity contribution is 5.96. The van der Waals surface area contributed by atoms with Gasteiger partial charge in [0, 0.05) is 24.8 Å². The van der Waals surface area contributed by atoms with Crippen LogP contribution in [0.15, 0.2) is 36.5 Å². The number of rotatable bonds is 8. The molecular formula is C24H31N3O4. The Morgan fingerprint density at radius 3 is 2.71 bits per heavy atom. The molecule has 0 saturated carbocycles. The number of anilines is 1. The standard InChI is InChI=1S/C24H31N3O4/c1-4-13-31-20-10-9-18(14-21(20)30-5-2)24(29)27-12-6-7-19(16-27)23(28)26-22-11-8-17(3)15-25-22/h8-11,14-15,19H,4-7,12-13,16H2,1-3H3,(H,25,26,28). The predicted molar refractivity (Wildman–Crippen MR) is 120 cm³/mol. The normalized spacial score (nSPS) is 16.0. The van der Waals surface area contributed by atoms with Crippen LogP contribution in [0.5, 0.6) is 11.5 Å². The van der Waals surface area contributed by atoms with Crippen LogP contribution in [-0.2, 0) is 4.79 Å². The Morgan fingerprint density at radius 2 is 2.00 bits per heavy atom. The molecular weight excluding hydrogens is 394 g/mol. The lowest BCUT2D eigenvalue weighted by Gasteiger charge is -2.32. The number of hydrogen-bond acceptors (Lipinski definition) is 5. The molecule has 1 atom stereocenters. The molecule has 1 saturated heterocycles. The van der Waals surface area contributed by atoms with Gasteiger partial charge in [0.05, 0.1) is 19.1 Å². The Bertz CT molecular complexity index is 898. The molecule has 2 heterocycles. The van der Waals surface area contributed by atoms with Gasteiger partial charge in [-0.1, -0.05) is 13.0 Å². The SMILES string of the molecule is CCCOc1ccc(C(=O)N2CCCC(C(=O)Nc3ccc(C)cn3)C2)cc1OCC. The number of benzene rings is 1. The van der Waals surface area contributed by atoms with Crippen molar-refractivity contribution >= 4 is 17.6 Å². The molecule has 31 heavy (non-hydrogen) atoms. The molecule has 1 aromatic heterocycles. The molecule has 7 nitrogen and oxygen atoms in total. The molecule has 0 aliphatic carbocycles. The van der Waals surface area contributed by atoms with Gasteiger partial charge < -0.3 is 19.7 Å². The number of likely N-dealkylation sites (tertiary alicyclic amines) is 1. The number of nitrogens with one attached hydrogen (secondary N) is 1. The van der Waals surface area contributed by atoms with Crippen LogP contribution in [-0.4, -0.2) is 48.0 Å². The van der Waals surface area contributed by atoms with E-state index in [1.54, 1.807) is 35.4 Å². The molecule has 0 spiro atoms. The van der Waals surface area contributed by atoms with Gasteiger partial charge in [0.2, 0.25) is 5.91 Å². The maximum Gasteiger partial charge on any atom is 0.254 e. The molecule has 2 amide bonds. The van der Waals surface area contributed by atoms with Crippen LogP contribution >= 0.6 is 0 Å². The molecule has 1 aliphatic heterocycles. The van der Waals surface area contributed by atoms with Crippen LogP contribution in [0.1, 0.15) is 49.0 Å². The molecule has 0 radical (unpaired) electrons. The van der Waals surface area contributed by atoms with Crippen molar-refractivity contribution in [2.45, 2.75) is 40.0 Å². The Morgan fingerprint density at radius 1 is 1.16 bits per heavy atom. The van der Waals surface area contributed by atoms with E-state index in [4.69, 9.17) is 9.47 Å². The summed E-state index contributed by atoms with van der Waals surface area (Å²) in [6.07, 6.45) is 4.13. The van der Waals surface area contributed by atoms with Crippen LogP contribution in [0.2, 0.25) is 0 Å². The topological polar surface area (TPSA) is 80.8 Å². The van der Waals surface area contributed by atoms with Gasteiger partial charge in [-0.05, 0) is 62.9 Å². The van der Waals surface area contributed by atoms with Crippen molar-refractivity contribution in [3.8, 4) is 11.5 Å². The monoisotopic (exact) mass is 425 g/mol. The summed E-state index contributed by atoms with van der Waals surface area (Å²) in [5.74, 6) is 1.27. The van der Waals surface area contributed by atoms with E-state index in [1.165, 1.54) is 0 Å². The summed E-state index contributed by atoms with van der Waals surface area (Å²) in [7, 11) is 0. The molecule has 2 aromatic rings. The summed E-state index contributed by atoms with van der Waals surface area (Å²) in [6, 6.07) is 8.97. The maximum absolute atomic E-state index is 13.1. The van der Waals surface area contributed by atoms with E-state index >= 15 is 0 Å². The first-order valence-electron chi connectivity index (χ1n) is 10.9. The van der Waals surface area contributed by atoms with Crippen molar-refractivity contribution < 1.29 is 19.1 Å². The van der Waals surface area contributed by atoms with Crippen LogP contribution < -0.4 is 14.8 Å². The zero-order valence-corrected chi connectivity index (χ0v) is 18.5. The maximum atomic E-state index is 13.1. The minimum Gasteiger partial charge on any atom is -0.490 e. The number of carbonyl (C=O) groups excluding carboxylic acids is 2. The van der Waals surface area contributed by atoms with Gasteiger partial charge in [0.25, 0.3) is 5.91 Å². The number of nitrogens with zero attached hydrogens (tertiary/aromatic N) is 2. The third-order valence-electron chi connectivity index (χ3n) is 5.19. The van der Waals surface area contributed by atoms with Gasteiger partial charge in [0.15, 0.2) is 11.5 Å². The number of carbonyl (C=O) groups is 2. The second kappa shape index (κ2) is 10.8. The highest BCUT2D eigenvalue weighted by Crippen LogP contribution is 2.30. The molecule has 1 fully saturated rings. The third kappa shape index (κ3) is 5.96. The second-order valence-corrected chi connectivity index (χ2v) is 7.74. The fraction of sp³-hybridized carbons (Fsp3) is 0.458. The Labute approximate surface area is 183 Å². The summed E-state index contributed by atoms with van der Waals surface area (Å²) in [6.45, 7) is 7.97. The van der Waals surface area contributed by atoms with Crippen LogP contribution in [0.25, 0.3) is 0 Å². The van der Waals surface area contributed by atoms with Gasteiger partial charge in [-0.15, -0.1) is 0 Å². The van der Waals surface area contributed by atoms with Crippen LogP contribution in [0.3, 0.4) is 0 Å². The second-order valence-electron chi connectivity index (χ2n) is 7.74. The first kappa shape index (κ1) is 22.6. The van der Waals surface area contributed by atoms with Crippen molar-refractivity contribution in [3.63, 3.8) is 0 Å². The fourth-order valence-electron chi connectivity index (χ4n) is 3.57. The van der Waals surface area contributed by atoms with Gasteiger partial charge in [-0.25, -0.2) is 4.98 Å². The summed E-state index contributed by atoms with van der Waals surface area (Å²) >= 11 is 0. The van der Waals surface area contributed by atoms with E-state index in [9.17, 15) is 9.59 Å². The van der Waals surface area contributed by atoms with E-state index in [2.05, 4.69) is 10.3 Å². The quantitative estimate of drug-likeness (QED) is 0.690. The fourth-order valence-corrected chi connectivity index (χ4v) is 3.57. The van der Waals surface area contributed by atoms with Gasteiger partial charge >= 0.3 is 0 Å². The predicted octanol–water partition coefficient (Wildman–Crippen LogP) is 4.07. The summed E-state index contributed by atoms with van der Waals surface area (Å²) in [4.78, 5) is 31.8. The average Bonchev–Trinajstić information content (AvgIpc) is 2.79. The number of hydrogen-bond donors (Lipinski definition) is 1. The summed E-state index contributed by atoms with van der Waals surface area (Å²) < 4.78 is 11.4. The van der Waals surface area contributed by atoms with Crippen molar-refractivity contribution in [1.29, 1.82) is 0 Å². The van der Waals surface area contributed by atoms with Crippen LogP contribution in [0, 0.1) is 12.8 Å². The number of pyridine rings is 1. The minimum absolute atomic E-state index is 0.103. The van der Waals surface area contributed by atoms with E-state index < -0.39 is 0 Å². The van der Waals surface area contributed by atoms with E-state index in [1.807, 2.05) is 26.8 Å². The van der Waals surface area contributed by atoms with Gasteiger partial charge in [-0.2, -0.15) is 0 Å². The average molecular weight is 426 g/mol. The molecule has 166 valence electrons. The molecule has 7 heteroatoms. The lowest BCUT2D eigenvalue weighted by molar-refractivity contribution is -0.121. The van der Waals surface area contributed by atoms with Gasteiger partial charge in [0.1, 0.15) is 5.82 Å². The molecule has 3 rings (SSSR count). The highest BCUT2D eigenvalue weighted by atomic mass is 16.5. The van der Waals surface area contributed by atoms with E-state index in [0.717, 1.165) is 24.8 Å². The first-order valence-corrected chi connectivity index (χ1v) is 10.9. The molecule has 1 N–H and O–H groups in total. The Balaban J connectivity index is 1.67. The summed E-state index contributed by atoms with van der Waals surface area (Å²) in [5.41, 5.74) is 1.57. The zero-order valence-electron chi connectivity index (χ0n) is 18.5. The van der Waals surface area contributed by atoms with Crippen molar-refractivity contribution in [2.75, 3.05) is 31.6 Å². The number of aromatic nitrogens is 1. The lowest BCUT2D eigenvalue weighted by atomic mass is 9.96. The van der Waals surface area contributed by atoms with Gasteiger partial charge in [-0.3, -0.25) is 9.59 Å². The van der Waals surface area contributed by atoms with Crippen LogP contribution in [0.4, 0.5) is 5.82 Å². The first-order chi connectivity index (χ1) is 15.0. The van der Waals surface area contributed by atoms with E-state index in [0.29, 0.717) is 49.2 Å². The highest BCUT2D eigenvalue weighted by Gasteiger charge is 2.29. The van der Waals surface area contributed by atoms with Crippen molar-refractivity contribution in [2.24, 2.45) is 5.92 Å². The smallest absolute Gasteiger partial charge is 0.254 e. The summed E-state index contributed by atoms with van der Waals surface area (Å²) in [5, 5.41) is 2.87. The largest absolute Gasteiger partial charge is 0.490 e.